The monoisotopic (exact) mass is 261 g/mol. The van der Waals surface area contributed by atoms with Crippen LogP contribution in [-0.2, 0) is 5.75 Å². The zero-order chi connectivity index (χ0) is 10.9. The molecule has 0 bridgehead atoms. The number of thioether (sulfide) groups is 2. The van der Waals surface area contributed by atoms with Gasteiger partial charge in [-0.3, -0.25) is 4.99 Å². The van der Waals surface area contributed by atoms with Crippen molar-refractivity contribution in [2.45, 2.75) is 5.75 Å². The molecule has 0 spiro atoms. The molecular weight excluding hydrogens is 246 g/mol. The van der Waals surface area contributed by atoms with Crippen molar-refractivity contribution in [2.75, 3.05) is 25.6 Å². The molecular formula is C9H15N3S3. The van der Waals surface area contributed by atoms with Crippen molar-refractivity contribution < 1.29 is 0 Å². The Labute approximate surface area is 103 Å². The molecule has 0 aromatic carbocycles. The highest BCUT2D eigenvalue weighted by atomic mass is 32.2. The van der Waals surface area contributed by atoms with Crippen molar-refractivity contribution in [1.29, 1.82) is 0 Å². The first-order chi connectivity index (χ1) is 7.36. The van der Waals surface area contributed by atoms with Crippen LogP contribution < -0.4 is 5.32 Å². The minimum Gasteiger partial charge on any atom is -0.364 e. The zero-order valence-electron chi connectivity index (χ0n) is 8.90. The minimum absolute atomic E-state index is 0.962. The summed E-state index contributed by atoms with van der Waals surface area (Å²) in [5.74, 6) is 2.09. The average Bonchev–Trinajstić information content (AvgIpc) is 2.76. The average molecular weight is 261 g/mol. The highest BCUT2D eigenvalue weighted by Crippen LogP contribution is 2.13. The summed E-state index contributed by atoms with van der Waals surface area (Å²) < 4.78 is 0. The number of aliphatic imine (C=N–C) groups is 1. The molecule has 1 heterocycles. The van der Waals surface area contributed by atoms with E-state index in [1.54, 1.807) is 23.1 Å². The predicted molar refractivity (Wildman–Crippen MR) is 73.2 cm³/mol. The van der Waals surface area contributed by atoms with Crippen LogP contribution in [0.5, 0.6) is 0 Å². The molecule has 1 N–H and O–H groups in total. The lowest BCUT2D eigenvalue weighted by Crippen LogP contribution is -2.22. The molecule has 0 atom stereocenters. The van der Waals surface area contributed by atoms with Crippen LogP contribution in [-0.4, -0.2) is 35.8 Å². The van der Waals surface area contributed by atoms with E-state index in [0.29, 0.717) is 0 Å². The first-order valence-electron chi connectivity index (χ1n) is 4.57. The molecule has 1 rings (SSSR count). The van der Waals surface area contributed by atoms with E-state index < -0.39 is 0 Å². The minimum atomic E-state index is 0.962. The molecule has 15 heavy (non-hydrogen) atoms. The van der Waals surface area contributed by atoms with Gasteiger partial charge in [-0.15, -0.1) is 11.3 Å². The fraction of sp³-hybridized carbons (Fsp3) is 0.556. The van der Waals surface area contributed by atoms with Gasteiger partial charge in [0.1, 0.15) is 5.01 Å². The maximum atomic E-state index is 4.23. The van der Waals surface area contributed by atoms with Gasteiger partial charge in [-0.05, 0) is 6.26 Å². The van der Waals surface area contributed by atoms with E-state index in [1.165, 1.54) is 5.01 Å². The Kier molecular flexibility index (Phi) is 6.87. The number of hydrogen-bond donors (Lipinski definition) is 1. The Bertz CT molecular complexity index is 285. The van der Waals surface area contributed by atoms with Crippen LogP contribution in [0.3, 0.4) is 0 Å². The largest absolute Gasteiger partial charge is 0.364 e. The van der Waals surface area contributed by atoms with Gasteiger partial charge < -0.3 is 5.32 Å². The van der Waals surface area contributed by atoms with Gasteiger partial charge in [-0.25, -0.2) is 4.98 Å². The highest BCUT2D eigenvalue weighted by molar-refractivity contribution is 8.13. The van der Waals surface area contributed by atoms with Crippen LogP contribution in [0.15, 0.2) is 16.6 Å². The quantitative estimate of drug-likeness (QED) is 0.501. The van der Waals surface area contributed by atoms with E-state index in [4.69, 9.17) is 0 Å². The number of aromatic nitrogens is 1. The van der Waals surface area contributed by atoms with Crippen LogP contribution >= 0.6 is 34.9 Å². The Hall–Kier alpha value is -0.200. The molecule has 0 saturated carbocycles. The lowest BCUT2D eigenvalue weighted by molar-refractivity contribution is 0.988. The molecule has 0 aliphatic rings. The topological polar surface area (TPSA) is 37.3 Å². The van der Waals surface area contributed by atoms with Gasteiger partial charge in [0, 0.05) is 36.7 Å². The van der Waals surface area contributed by atoms with Crippen molar-refractivity contribution >= 4 is 40.0 Å². The maximum absolute atomic E-state index is 4.23. The van der Waals surface area contributed by atoms with E-state index in [2.05, 4.69) is 15.3 Å². The smallest absolute Gasteiger partial charge is 0.156 e. The Morgan fingerprint density at radius 2 is 2.53 bits per heavy atom. The fourth-order valence-electron chi connectivity index (χ4n) is 0.956. The first kappa shape index (κ1) is 12.9. The molecule has 1 aromatic heterocycles. The van der Waals surface area contributed by atoms with E-state index >= 15 is 0 Å². The molecule has 0 saturated heterocycles. The predicted octanol–water partition coefficient (Wildman–Crippen LogP) is 2.31. The van der Waals surface area contributed by atoms with Crippen LogP contribution in [0.4, 0.5) is 0 Å². The molecule has 3 nitrogen and oxygen atoms in total. The number of amidine groups is 1. The van der Waals surface area contributed by atoms with Gasteiger partial charge >= 0.3 is 0 Å². The summed E-state index contributed by atoms with van der Waals surface area (Å²) in [6.07, 6.45) is 3.88. The summed E-state index contributed by atoms with van der Waals surface area (Å²) in [6, 6.07) is 0. The van der Waals surface area contributed by atoms with E-state index in [-0.39, 0.29) is 0 Å². The third-order valence-electron chi connectivity index (χ3n) is 1.63. The van der Waals surface area contributed by atoms with Crippen LogP contribution in [0.1, 0.15) is 5.01 Å². The molecule has 0 aliphatic heterocycles. The zero-order valence-corrected chi connectivity index (χ0v) is 11.3. The molecule has 0 radical (unpaired) electrons. The highest BCUT2D eigenvalue weighted by Gasteiger charge is 1.97. The normalized spacial score (nSPS) is 11.7. The van der Waals surface area contributed by atoms with Gasteiger partial charge in [0.2, 0.25) is 0 Å². The standard InChI is InChI=1S/C9H15N3S3/c1-10-9(13-2)12-3-5-14-7-8-11-4-6-15-8/h4,6H,3,5,7H2,1-2H3,(H,10,12). The summed E-state index contributed by atoms with van der Waals surface area (Å²) in [6.45, 7) is 0.962. The van der Waals surface area contributed by atoms with E-state index in [1.807, 2.05) is 36.6 Å². The lowest BCUT2D eigenvalue weighted by Gasteiger charge is -2.05. The Balaban J connectivity index is 2.02. The second kappa shape index (κ2) is 8.01. The van der Waals surface area contributed by atoms with Gasteiger partial charge in [0.15, 0.2) is 5.17 Å². The van der Waals surface area contributed by atoms with Crippen molar-refractivity contribution in [3.05, 3.63) is 16.6 Å². The summed E-state index contributed by atoms with van der Waals surface area (Å²) >= 11 is 5.26. The summed E-state index contributed by atoms with van der Waals surface area (Å²) in [4.78, 5) is 8.33. The number of hydrogen-bond acceptors (Lipinski definition) is 5. The van der Waals surface area contributed by atoms with Crippen molar-refractivity contribution in [1.82, 2.24) is 10.3 Å². The second-order valence-electron chi connectivity index (χ2n) is 2.64. The van der Waals surface area contributed by atoms with Crippen LogP contribution in [0.2, 0.25) is 0 Å². The van der Waals surface area contributed by atoms with E-state index in [0.717, 1.165) is 23.2 Å². The van der Waals surface area contributed by atoms with Crippen molar-refractivity contribution in [3.8, 4) is 0 Å². The fourth-order valence-corrected chi connectivity index (χ4v) is 2.95. The molecule has 0 amide bonds. The van der Waals surface area contributed by atoms with Crippen molar-refractivity contribution in [3.63, 3.8) is 0 Å². The lowest BCUT2D eigenvalue weighted by atomic mass is 10.7. The third kappa shape index (κ3) is 5.44. The Morgan fingerprint density at radius 3 is 3.13 bits per heavy atom. The maximum Gasteiger partial charge on any atom is 0.156 e. The SMILES string of the molecule is CN=C(NCCSCc1nccs1)SC. The van der Waals surface area contributed by atoms with Crippen molar-refractivity contribution in [2.24, 2.45) is 4.99 Å². The molecule has 6 heteroatoms. The van der Waals surface area contributed by atoms with Gasteiger partial charge in [-0.1, -0.05) is 11.8 Å². The van der Waals surface area contributed by atoms with Gasteiger partial charge in [0.25, 0.3) is 0 Å². The number of rotatable bonds is 5. The Morgan fingerprint density at radius 1 is 1.67 bits per heavy atom. The van der Waals surface area contributed by atoms with Gasteiger partial charge in [-0.2, -0.15) is 11.8 Å². The number of thiazole rings is 1. The molecule has 0 aliphatic carbocycles. The van der Waals surface area contributed by atoms with E-state index in [9.17, 15) is 0 Å². The summed E-state index contributed by atoms with van der Waals surface area (Å²) in [5, 5.41) is 7.50. The molecule has 0 fully saturated rings. The molecule has 84 valence electrons. The summed E-state index contributed by atoms with van der Waals surface area (Å²) in [5.41, 5.74) is 0. The molecule has 1 aromatic rings. The molecule has 0 unspecified atom stereocenters. The van der Waals surface area contributed by atoms with Gasteiger partial charge in [0.05, 0.1) is 0 Å². The second-order valence-corrected chi connectivity index (χ2v) is 5.52. The van der Waals surface area contributed by atoms with Crippen LogP contribution in [0.25, 0.3) is 0 Å². The number of nitrogens with one attached hydrogen (secondary N) is 1. The third-order valence-corrected chi connectivity index (χ3v) is 4.27. The van der Waals surface area contributed by atoms with Crippen LogP contribution in [0, 0.1) is 0 Å². The summed E-state index contributed by atoms with van der Waals surface area (Å²) in [7, 11) is 1.81. The number of nitrogens with zero attached hydrogens (tertiary/aromatic N) is 2. The first-order valence-corrected chi connectivity index (χ1v) is 7.83.